The lowest BCUT2D eigenvalue weighted by Crippen LogP contribution is -2.48. The zero-order valence-electron chi connectivity index (χ0n) is 9.71. The zero-order valence-corrected chi connectivity index (χ0v) is 9.71. The van der Waals surface area contributed by atoms with Gasteiger partial charge in [-0.25, -0.2) is 4.79 Å². The van der Waals surface area contributed by atoms with Gasteiger partial charge in [-0.1, -0.05) is 0 Å². The number of urea groups is 1. The molecule has 16 heavy (non-hydrogen) atoms. The number of amides is 3. The summed E-state index contributed by atoms with van der Waals surface area (Å²) in [7, 11) is 1.47. The first-order valence-electron chi connectivity index (χ1n) is 5.51. The van der Waals surface area contributed by atoms with Crippen LogP contribution in [0.25, 0.3) is 0 Å². The Kier molecular flexibility index (Phi) is 5.21. The van der Waals surface area contributed by atoms with Gasteiger partial charge in [0.2, 0.25) is 5.91 Å². The molecule has 1 heterocycles. The Labute approximate surface area is 95.1 Å². The normalized spacial score (nSPS) is 21.5. The Bertz CT molecular complexity index is 252. The molecule has 1 saturated heterocycles. The molecule has 1 fully saturated rings. The fourth-order valence-electron chi connectivity index (χ4n) is 1.49. The summed E-state index contributed by atoms with van der Waals surface area (Å²) >= 11 is 0. The minimum Gasteiger partial charge on any atom is -0.377 e. The molecule has 92 valence electrons. The van der Waals surface area contributed by atoms with E-state index >= 15 is 0 Å². The van der Waals surface area contributed by atoms with E-state index in [4.69, 9.17) is 4.74 Å². The summed E-state index contributed by atoms with van der Waals surface area (Å²) in [6, 6.07) is -0.891. The van der Waals surface area contributed by atoms with Gasteiger partial charge in [0.25, 0.3) is 0 Å². The van der Waals surface area contributed by atoms with Crippen LogP contribution in [0.2, 0.25) is 0 Å². The van der Waals surface area contributed by atoms with Gasteiger partial charge < -0.3 is 15.4 Å². The number of rotatable bonds is 4. The fourth-order valence-corrected chi connectivity index (χ4v) is 1.49. The molecule has 3 N–H and O–H groups in total. The Morgan fingerprint density at radius 1 is 1.50 bits per heavy atom. The maximum Gasteiger partial charge on any atom is 0.321 e. The van der Waals surface area contributed by atoms with Crippen LogP contribution in [0, 0.1) is 0 Å². The largest absolute Gasteiger partial charge is 0.377 e. The first-order valence-corrected chi connectivity index (χ1v) is 5.51. The van der Waals surface area contributed by atoms with Crippen molar-refractivity contribution in [1.29, 1.82) is 0 Å². The van der Waals surface area contributed by atoms with Gasteiger partial charge in [0.1, 0.15) is 0 Å². The van der Waals surface area contributed by atoms with Crippen molar-refractivity contribution >= 4 is 11.9 Å². The van der Waals surface area contributed by atoms with Crippen molar-refractivity contribution < 1.29 is 14.3 Å². The first-order chi connectivity index (χ1) is 7.63. The number of carbonyl (C=O) groups is 2. The Hall–Kier alpha value is -1.14. The number of hydrogen-bond acceptors (Lipinski definition) is 4. The van der Waals surface area contributed by atoms with Crippen LogP contribution in [0.5, 0.6) is 0 Å². The van der Waals surface area contributed by atoms with Crippen LogP contribution in [0.3, 0.4) is 0 Å². The van der Waals surface area contributed by atoms with Crippen molar-refractivity contribution in [1.82, 2.24) is 16.0 Å². The summed E-state index contributed by atoms with van der Waals surface area (Å²) in [5.74, 6) is -0.336. The maximum atomic E-state index is 11.4. The summed E-state index contributed by atoms with van der Waals surface area (Å²) in [5.41, 5.74) is 0. The third-order valence-corrected chi connectivity index (χ3v) is 2.53. The highest BCUT2D eigenvalue weighted by atomic mass is 16.5. The number of ether oxygens (including phenoxy) is 1. The van der Waals surface area contributed by atoms with Gasteiger partial charge >= 0.3 is 6.03 Å². The molecule has 0 radical (unpaired) electrons. The van der Waals surface area contributed by atoms with Gasteiger partial charge in [0.15, 0.2) is 0 Å². The summed E-state index contributed by atoms with van der Waals surface area (Å²) in [4.78, 5) is 22.3. The summed E-state index contributed by atoms with van der Waals surface area (Å²) in [5, 5.41) is 7.57. The summed E-state index contributed by atoms with van der Waals surface area (Å²) in [6.45, 7) is 3.15. The van der Waals surface area contributed by atoms with E-state index in [0.29, 0.717) is 6.54 Å². The van der Waals surface area contributed by atoms with Crippen LogP contribution in [0.1, 0.15) is 19.8 Å². The van der Waals surface area contributed by atoms with Crippen molar-refractivity contribution in [2.75, 3.05) is 20.2 Å². The molecule has 6 nitrogen and oxygen atoms in total. The Morgan fingerprint density at radius 2 is 2.25 bits per heavy atom. The van der Waals surface area contributed by atoms with Crippen molar-refractivity contribution in [3.63, 3.8) is 0 Å². The topological polar surface area (TPSA) is 79.5 Å². The SMILES string of the molecule is CNC(=O)NC(=O)C(C)NCC1CCCO1. The van der Waals surface area contributed by atoms with E-state index in [1.165, 1.54) is 7.05 Å². The molecule has 0 aromatic carbocycles. The van der Waals surface area contributed by atoms with Gasteiger partial charge in [-0.2, -0.15) is 0 Å². The van der Waals surface area contributed by atoms with Gasteiger partial charge in [-0.3, -0.25) is 10.1 Å². The molecule has 0 saturated carbocycles. The highest BCUT2D eigenvalue weighted by Crippen LogP contribution is 2.10. The fraction of sp³-hybridized carbons (Fsp3) is 0.800. The van der Waals surface area contributed by atoms with Crippen LogP contribution in [0.4, 0.5) is 4.79 Å². The number of carbonyl (C=O) groups excluding carboxylic acids is 2. The molecule has 2 unspecified atom stereocenters. The molecule has 0 aliphatic carbocycles. The highest BCUT2D eigenvalue weighted by Gasteiger charge is 2.19. The smallest absolute Gasteiger partial charge is 0.321 e. The van der Waals surface area contributed by atoms with Crippen molar-refractivity contribution in [3.05, 3.63) is 0 Å². The number of hydrogen-bond donors (Lipinski definition) is 3. The van der Waals surface area contributed by atoms with E-state index < -0.39 is 12.1 Å². The van der Waals surface area contributed by atoms with Crippen LogP contribution in [-0.2, 0) is 9.53 Å². The van der Waals surface area contributed by atoms with E-state index in [1.54, 1.807) is 6.92 Å². The predicted molar refractivity (Wildman–Crippen MR) is 59.0 cm³/mol. The number of nitrogens with one attached hydrogen (secondary N) is 3. The minimum atomic E-state index is -0.490. The average molecular weight is 229 g/mol. The van der Waals surface area contributed by atoms with Gasteiger partial charge in [0.05, 0.1) is 12.1 Å². The predicted octanol–water partition coefficient (Wildman–Crippen LogP) is -0.401. The minimum absolute atomic E-state index is 0.190. The van der Waals surface area contributed by atoms with Crippen LogP contribution < -0.4 is 16.0 Å². The monoisotopic (exact) mass is 229 g/mol. The van der Waals surface area contributed by atoms with Crippen LogP contribution in [0.15, 0.2) is 0 Å². The van der Waals surface area contributed by atoms with E-state index in [2.05, 4.69) is 16.0 Å². The molecule has 2 atom stereocenters. The average Bonchev–Trinajstić information content (AvgIpc) is 2.78. The van der Waals surface area contributed by atoms with Gasteiger partial charge in [0, 0.05) is 20.2 Å². The van der Waals surface area contributed by atoms with Crippen molar-refractivity contribution in [3.8, 4) is 0 Å². The van der Waals surface area contributed by atoms with Crippen LogP contribution in [-0.4, -0.2) is 44.3 Å². The maximum absolute atomic E-state index is 11.4. The second-order valence-electron chi connectivity index (χ2n) is 3.83. The molecule has 1 aliphatic heterocycles. The van der Waals surface area contributed by atoms with E-state index in [9.17, 15) is 9.59 Å². The lowest BCUT2D eigenvalue weighted by molar-refractivity contribution is -0.121. The van der Waals surface area contributed by atoms with Crippen LogP contribution >= 0.6 is 0 Å². The molecule has 3 amide bonds. The quantitative estimate of drug-likeness (QED) is 0.613. The number of imide groups is 1. The first kappa shape index (κ1) is 12.9. The molecule has 6 heteroatoms. The summed E-state index contributed by atoms with van der Waals surface area (Å²) < 4.78 is 5.41. The third kappa shape index (κ3) is 4.16. The van der Waals surface area contributed by atoms with Crippen molar-refractivity contribution in [2.45, 2.75) is 31.9 Å². The highest BCUT2D eigenvalue weighted by molar-refractivity contribution is 5.96. The standard InChI is InChI=1S/C10H19N3O3/c1-7(9(14)13-10(15)11-2)12-6-8-4-3-5-16-8/h7-8,12H,3-6H2,1-2H3,(H2,11,13,14,15). The van der Waals surface area contributed by atoms with E-state index in [-0.39, 0.29) is 12.0 Å². The Balaban J connectivity index is 2.20. The van der Waals surface area contributed by atoms with E-state index in [0.717, 1.165) is 19.4 Å². The molecule has 0 spiro atoms. The zero-order chi connectivity index (χ0) is 12.0. The molecule has 0 bridgehead atoms. The van der Waals surface area contributed by atoms with Gasteiger partial charge in [-0.05, 0) is 19.8 Å². The van der Waals surface area contributed by atoms with Crippen molar-refractivity contribution in [2.24, 2.45) is 0 Å². The summed E-state index contributed by atoms with van der Waals surface area (Å²) in [6.07, 6.45) is 2.29. The van der Waals surface area contributed by atoms with Gasteiger partial charge in [-0.15, -0.1) is 0 Å². The second kappa shape index (κ2) is 6.44. The Morgan fingerprint density at radius 3 is 2.81 bits per heavy atom. The third-order valence-electron chi connectivity index (χ3n) is 2.53. The lowest BCUT2D eigenvalue weighted by Gasteiger charge is -2.16. The molecule has 0 aromatic heterocycles. The molecule has 1 aliphatic rings. The van der Waals surface area contributed by atoms with E-state index in [1.807, 2.05) is 0 Å². The molecule has 1 rings (SSSR count). The molecule has 0 aromatic rings. The molecular weight excluding hydrogens is 210 g/mol. The second-order valence-corrected chi connectivity index (χ2v) is 3.83. The molecular formula is C10H19N3O3. The lowest BCUT2D eigenvalue weighted by atomic mass is 10.2.